The molecule has 1 aromatic carbocycles. The molecule has 0 aliphatic heterocycles. The van der Waals surface area contributed by atoms with Crippen molar-refractivity contribution in [3.63, 3.8) is 0 Å². The minimum atomic E-state index is -1.04. The Labute approximate surface area is 151 Å². The van der Waals surface area contributed by atoms with Gasteiger partial charge in [0.05, 0.1) is 5.69 Å². The number of carboxylic acids is 1. The van der Waals surface area contributed by atoms with Crippen LogP contribution in [0, 0.1) is 6.92 Å². The van der Waals surface area contributed by atoms with Crippen molar-refractivity contribution in [3.05, 3.63) is 46.5 Å². The smallest absolute Gasteiger partial charge is 0.416 e. The second-order valence-corrected chi connectivity index (χ2v) is 6.74. The number of hydrogen-bond acceptors (Lipinski definition) is 5. The maximum Gasteiger partial charge on any atom is 0.416 e. The summed E-state index contributed by atoms with van der Waals surface area (Å²) in [6, 6.07) is 9.27. The summed E-state index contributed by atoms with van der Waals surface area (Å²) in [6.07, 6.45) is 1.14. The predicted octanol–water partition coefficient (Wildman–Crippen LogP) is 4.48. The van der Waals surface area contributed by atoms with E-state index in [1.54, 1.807) is 6.92 Å². The largest absolute Gasteiger partial charge is 0.477 e. The monoisotopic (exact) mass is 362 g/mol. The Balaban J connectivity index is 2.21. The first-order valence-electron chi connectivity index (χ1n) is 8.14. The summed E-state index contributed by atoms with van der Waals surface area (Å²) < 4.78 is 5.43. The molecule has 1 heterocycles. The van der Waals surface area contributed by atoms with Crippen molar-refractivity contribution in [2.75, 3.05) is 4.90 Å². The van der Waals surface area contributed by atoms with E-state index < -0.39 is 12.1 Å². The van der Waals surface area contributed by atoms with Crippen molar-refractivity contribution >= 4 is 28.5 Å². The first-order chi connectivity index (χ1) is 11.9. The lowest BCUT2D eigenvalue weighted by Crippen LogP contribution is -2.39. The fourth-order valence-corrected chi connectivity index (χ4v) is 3.46. The van der Waals surface area contributed by atoms with Gasteiger partial charge in [-0.25, -0.2) is 14.6 Å². The van der Waals surface area contributed by atoms with Crippen LogP contribution >= 0.6 is 11.3 Å². The fourth-order valence-electron chi connectivity index (χ4n) is 2.47. The lowest BCUT2D eigenvalue weighted by Gasteiger charge is -2.25. The molecular weight excluding hydrogens is 340 g/mol. The van der Waals surface area contributed by atoms with Crippen LogP contribution in [0.4, 0.5) is 9.93 Å². The number of nitrogens with zero attached hydrogens (tertiary/aromatic N) is 2. The van der Waals surface area contributed by atoms with Crippen LogP contribution < -0.4 is 4.90 Å². The van der Waals surface area contributed by atoms with Gasteiger partial charge in [0.2, 0.25) is 0 Å². The summed E-state index contributed by atoms with van der Waals surface area (Å²) in [5.74, 6) is -1.04. The molecule has 1 amide bonds. The number of aryl methyl sites for hydroxylation is 1. The van der Waals surface area contributed by atoms with Gasteiger partial charge in [0.1, 0.15) is 11.5 Å². The number of carbonyl (C=O) groups is 2. The van der Waals surface area contributed by atoms with E-state index in [-0.39, 0.29) is 17.5 Å². The van der Waals surface area contributed by atoms with Crippen molar-refractivity contribution in [1.82, 2.24) is 4.98 Å². The average Bonchev–Trinajstić information content (AvgIpc) is 2.96. The zero-order valence-corrected chi connectivity index (χ0v) is 15.4. The van der Waals surface area contributed by atoms with Crippen molar-refractivity contribution in [3.8, 4) is 0 Å². The van der Waals surface area contributed by atoms with Gasteiger partial charge in [0, 0.05) is 6.04 Å². The third kappa shape index (κ3) is 4.79. The third-order valence-electron chi connectivity index (χ3n) is 3.73. The number of aromatic carboxylic acids is 1. The van der Waals surface area contributed by atoms with Gasteiger partial charge in [0.25, 0.3) is 0 Å². The first kappa shape index (κ1) is 18.9. The highest BCUT2D eigenvalue weighted by Gasteiger charge is 2.28. The van der Waals surface area contributed by atoms with Gasteiger partial charge in [-0.05, 0) is 25.8 Å². The van der Waals surface area contributed by atoms with Crippen LogP contribution in [0.3, 0.4) is 0 Å². The average molecular weight is 362 g/mol. The van der Waals surface area contributed by atoms with Crippen LogP contribution in [0.25, 0.3) is 0 Å². The molecule has 0 spiro atoms. The van der Waals surface area contributed by atoms with E-state index in [1.165, 1.54) is 4.90 Å². The van der Waals surface area contributed by atoms with Crippen molar-refractivity contribution in [1.29, 1.82) is 0 Å². The summed E-state index contributed by atoms with van der Waals surface area (Å²) >= 11 is 0.994. The van der Waals surface area contributed by atoms with Gasteiger partial charge in [-0.1, -0.05) is 55.0 Å². The third-order valence-corrected chi connectivity index (χ3v) is 4.88. The van der Waals surface area contributed by atoms with Crippen LogP contribution in [0.1, 0.15) is 47.6 Å². The first-order valence-corrected chi connectivity index (χ1v) is 8.96. The Morgan fingerprint density at radius 3 is 2.56 bits per heavy atom. The molecule has 1 aromatic heterocycles. The van der Waals surface area contributed by atoms with Gasteiger partial charge in [-0.3, -0.25) is 4.90 Å². The van der Waals surface area contributed by atoms with Crippen molar-refractivity contribution in [2.24, 2.45) is 0 Å². The van der Waals surface area contributed by atoms with E-state index in [0.29, 0.717) is 10.8 Å². The number of carboxylic acid groups (broad SMARTS) is 1. The molecule has 0 aliphatic carbocycles. The molecule has 134 valence electrons. The lowest BCUT2D eigenvalue weighted by atomic mass is 10.2. The van der Waals surface area contributed by atoms with E-state index in [2.05, 4.69) is 4.98 Å². The van der Waals surface area contributed by atoms with E-state index in [9.17, 15) is 14.7 Å². The van der Waals surface area contributed by atoms with Crippen molar-refractivity contribution < 1.29 is 19.4 Å². The van der Waals surface area contributed by atoms with Gasteiger partial charge < -0.3 is 9.84 Å². The quantitative estimate of drug-likeness (QED) is 0.785. The number of thiazole rings is 1. The molecule has 1 N–H and O–H groups in total. The fraction of sp³-hybridized carbons (Fsp3) is 0.389. The molecule has 0 saturated heterocycles. The number of ether oxygens (including phenoxy) is 1. The van der Waals surface area contributed by atoms with Gasteiger partial charge in [-0.2, -0.15) is 0 Å². The normalized spacial score (nSPS) is 11.8. The highest BCUT2D eigenvalue weighted by Crippen LogP contribution is 2.29. The molecule has 1 unspecified atom stereocenters. The van der Waals surface area contributed by atoms with Crippen LogP contribution in [0.5, 0.6) is 0 Å². The van der Waals surface area contributed by atoms with Gasteiger partial charge >= 0.3 is 12.1 Å². The number of anilines is 1. The van der Waals surface area contributed by atoms with E-state index in [4.69, 9.17) is 4.74 Å². The Hall–Kier alpha value is -2.41. The second kappa shape index (κ2) is 8.62. The summed E-state index contributed by atoms with van der Waals surface area (Å²) in [7, 11) is 0. The molecular formula is C18H22N2O4S. The molecule has 6 nitrogen and oxygen atoms in total. The highest BCUT2D eigenvalue weighted by atomic mass is 32.1. The Morgan fingerprint density at radius 2 is 2.00 bits per heavy atom. The number of rotatable bonds is 7. The molecule has 0 bridgehead atoms. The molecule has 0 fully saturated rings. The summed E-state index contributed by atoms with van der Waals surface area (Å²) in [5.41, 5.74) is 1.29. The van der Waals surface area contributed by atoms with Crippen LogP contribution in [0.15, 0.2) is 30.3 Å². The van der Waals surface area contributed by atoms with E-state index >= 15 is 0 Å². The zero-order chi connectivity index (χ0) is 18.4. The molecule has 2 aromatic rings. The molecule has 0 radical (unpaired) electrons. The highest BCUT2D eigenvalue weighted by molar-refractivity contribution is 7.17. The summed E-state index contributed by atoms with van der Waals surface area (Å²) in [6.45, 7) is 5.72. The molecule has 1 atom stereocenters. The number of amides is 1. The van der Waals surface area contributed by atoms with Crippen LogP contribution in [-0.2, 0) is 11.3 Å². The summed E-state index contributed by atoms with van der Waals surface area (Å²) in [5, 5.41) is 9.58. The van der Waals surface area contributed by atoms with Crippen LogP contribution in [0.2, 0.25) is 0 Å². The van der Waals surface area contributed by atoms with Crippen LogP contribution in [-0.4, -0.2) is 28.2 Å². The zero-order valence-electron chi connectivity index (χ0n) is 14.6. The molecule has 7 heteroatoms. The number of hydrogen-bond donors (Lipinski definition) is 1. The minimum Gasteiger partial charge on any atom is -0.477 e. The molecule has 2 rings (SSSR count). The van der Waals surface area contributed by atoms with Gasteiger partial charge in [-0.15, -0.1) is 0 Å². The predicted molar refractivity (Wildman–Crippen MR) is 97.3 cm³/mol. The minimum absolute atomic E-state index is 0.138. The maximum absolute atomic E-state index is 12.6. The maximum atomic E-state index is 12.6. The Bertz CT molecular complexity index is 730. The molecule has 0 saturated carbocycles. The van der Waals surface area contributed by atoms with E-state index in [1.807, 2.05) is 44.2 Å². The Morgan fingerprint density at radius 1 is 1.32 bits per heavy atom. The summed E-state index contributed by atoms with van der Waals surface area (Å²) in [4.78, 5) is 29.8. The Kier molecular flexibility index (Phi) is 6.52. The number of carbonyl (C=O) groups excluding carboxylic acids is 1. The molecule has 25 heavy (non-hydrogen) atoms. The van der Waals surface area contributed by atoms with Gasteiger partial charge in [0.15, 0.2) is 5.13 Å². The SMILES string of the molecule is CCCC(C)N(C(=O)OCc1ccccc1)c1nc(C)c(C(=O)O)s1. The van der Waals surface area contributed by atoms with Crippen molar-refractivity contribution in [2.45, 2.75) is 46.3 Å². The topological polar surface area (TPSA) is 79.7 Å². The van der Waals surface area contributed by atoms with E-state index in [0.717, 1.165) is 29.7 Å². The second-order valence-electron chi connectivity index (χ2n) is 5.76. The molecule has 0 aliphatic rings. The standard InChI is InChI=1S/C18H22N2O4S/c1-4-8-12(2)20(17-19-13(3)15(25-17)16(21)22)18(23)24-11-14-9-6-5-7-10-14/h5-7,9-10,12H,4,8,11H2,1-3H3,(H,21,22). The lowest BCUT2D eigenvalue weighted by molar-refractivity contribution is 0.0701. The number of benzene rings is 1. The number of aromatic nitrogens is 1.